The van der Waals surface area contributed by atoms with E-state index in [2.05, 4.69) is 10.2 Å². The Morgan fingerprint density at radius 2 is 2.36 bits per heavy atom. The maximum absolute atomic E-state index is 5.75. The minimum atomic E-state index is 0.625. The Kier molecular flexibility index (Phi) is 3.66. The Morgan fingerprint density at radius 1 is 1.73 bits per heavy atom. The van der Waals surface area contributed by atoms with Crippen molar-refractivity contribution in [2.75, 3.05) is 26.7 Å². The zero-order valence-corrected chi connectivity index (χ0v) is 7.99. The Labute approximate surface area is 77.1 Å². The number of nitrogens with zero attached hydrogens (tertiary/aromatic N) is 1. The molecule has 0 bridgehead atoms. The number of nitrogens with one attached hydrogen (secondary N) is 1. The number of hydrogen-bond acceptors (Lipinski definition) is 2. The molecule has 0 spiro atoms. The van der Waals surface area contributed by atoms with Gasteiger partial charge < -0.3 is 5.32 Å². The summed E-state index contributed by atoms with van der Waals surface area (Å²) in [5.74, 6) is 0. The van der Waals surface area contributed by atoms with Crippen molar-refractivity contribution in [1.29, 1.82) is 0 Å². The van der Waals surface area contributed by atoms with Crippen molar-refractivity contribution >= 4 is 23.2 Å². The maximum atomic E-state index is 5.75. The van der Waals surface area contributed by atoms with E-state index in [1.165, 1.54) is 5.54 Å². The fourth-order valence-corrected chi connectivity index (χ4v) is 1.24. The molecule has 1 aliphatic rings. The molecule has 0 aromatic heterocycles. The predicted molar refractivity (Wildman–Crippen MR) is 49.1 cm³/mol. The highest BCUT2D eigenvalue weighted by atomic mass is 35.5. The molecule has 1 fully saturated rings. The molecule has 0 radical (unpaired) electrons. The molecule has 1 rings (SSSR count). The summed E-state index contributed by atoms with van der Waals surface area (Å²) >= 11 is 11.2. The summed E-state index contributed by atoms with van der Waals surface area (Å²) in [5.41, 5.74) is 1.42. The van der Waals surface area contributed by atoms with Crippen molar-refractivity contribution in [1.82, 2.24) is 10.2 Å². The van der Waals surface area contributed by atoms with Gasteiger partial charge in [-0.1, -0.05) is 23.2 Å². The van der Waals surface area contributed by atoms with Crippen LogP contribution in [0.3, 0.4) is 0 Å². The summed E-state index contributed by atoms with van der Waals surface area (Å²) in [6.45, 7) is 2.86. The molecule has 2 nitrogen and oxygen atoms in total. The molecule has 64 valence electrons. The Hall–Kier alpha value is 0.240. The van der Waals surface area contributed by atoms with Gasteiger partial charge in [0.05, 0.1) is 0 Å². The molecular weight excluding hydrogens is 183 g/mol. The molecule has 0 aromatic rings. The lowest BCUT2D eigenvalue weighted by Crippen LogP contribution is -2.56. The predicted octanol–water partition coefficient (Wildman–Crippen LogP) is 1.21. The van der Waals surface area contributed by atoms with Crippen molar-refractivity contribution in [3.05, 3.63) is 10.6 Å². The quantitative estimate of drug-likeness (QED) is 0.728. The Bertz CT molecular complexity index is 155. The standard InChI is InChI=1S/C7H12Cl2N2/c1-11(5-6(9)2-8)7-3-10-4-7/h2,7,10H,3-5H2,1H3/b6-2-. The zero-order chi connectivity index (χ0) is 8.27. The van der Waals surface area contributed by atoms with E-state index in [-0.39, 0.29) is 0 Å². The van der Waals surface area contributed by atoms with Crippen LogP contribution in [0.15, 0.2) is 10.6 Å². The third-order valence-corrected chi connectivity index (χ3v) is 2.51. The fourth-order valence-electron chi connectivity index (χ4n) is 0.987. The second kappa shape index (κ2) is 4.31. The highest BCUT2D eigenvalue weighted by Gasteiger charge is 2.21. The van der Waals surface area contributed by atoms with Crippen LogP contribution in [0.2, 0.25) is 0 Å². The van der Waals surface area contributed by atoms with E-state index in [1.807, 2.05) is 7.05 Å². The van der Waals surface area contributed by atoms with Gasteiger partial charge in [0.25, 0.3) is 0 Å². The van der Waals surface area contributed by atoms with Crippen molar-refractivity contribution in [3.8, 4) is 0 Å². The van der Waals surface area contributed by atoms with Gasteiger partial charge in [-0.25, -0.2) is 0 Å². The van der Waals surface area contributed by atoms with Crippen LogP contribution < -0.4 is 5.32 Å². The summed E-state index contributed by atoms with van der Waals surface area (Å²) in [5, 5.41) is 3.89. The van der Waals surface area contributed by atoms with Crippen molar-refractivity contribution in [2.24, 2.45) is 0 Å². The lowest BCUT2D eigenvalue weighted by molar-refractivity contribution is 0.196. The number of likely N-dealkylation sites (N-methyl/N-ethyl adjacent to an activating group) is 1. The first-order valence-electron chi connectivity index (χ1n) is 3.59. The molecule has 11 heavy (non-hydrogen) atoms. The van der Waals surface area contributed by atoms with E-state index in [9.17, 15) is 0 Å². The molecule has 0 atom stereocenters. The summed E-state index contributed by atoms with van der Waals surface area (Å²) in [6, 6.07) is 0.625. The van der Waals surface area contributed by atoms with E-state index >= 15 is 0 Å². The smallest absolute Gasteiger partial charge is 0.0434 e. The highest BCUT2D eigenvalue weighted by molar-refractivity contribution is 6.36. The largest absolute Gasteiger partial charge is 0.314 e. The molecule has 1 N–H and O–H groups in total. The van der Waals surface area contributed by atoms with E-state index in [4.69, 9.17) is 23.2 Å². The van der Waals surface area contributed by atoms with Crippen molar-refractivity contribution in [3.63, 3.8) is 0 Å². The van der Waals surface area contributed by atoms with Gasteiger partial charge in [-0.15, -0.1) is 0 Å². The molecule has 1 aliphatic heterocycles. The lowest BCUT2D eigenvalue weighted by atomic mass is 10.1. The molecule has 0 aromatic carbocycles. The SMILES string of the molecule is CN(C/C(Cl)=C/Cl)C1CNC1. The lowest BCUT2D eigenvalue weighted by Gasteiger charge is -2.35. The molecule has 0 amide bonds. The third kappa shape index (κ3) is 2.64. The summed E-state index contributed by atoms with van der Waals surface area (Å²) in [4.78, 5) is 2.19. The first kappa shape index (κ1) is 9.33. The molecule has 4 heteroatoms. The van der Waals surface area contributed by atoms with Gasteiger partial charge in [-0.3, -0.25) is 4.90 Å². The van der Waals surface area contributed by atoms with Crippen molar-refractivity contribution in [2.45, 2.75) is 6.04 Å². The molecular formula is C7H12Cl2N2. The van der Waals surface area contributed by atoms with Crippen LogP contribution in [-0.2, 0) is 0 Å². The second-order valence-corrected chi connectivity index (χ2v) is 3.49. The van der Waals surface area contributed by atoms with Crippen LogP contribution in [0.5, 0.6) is 0 Å². The van der Waals surface area contributed by atoms with Gasteiger partial charge in [0.15, 0.2) is 0 Å². The monoisotopic (exact) mass is 194 g/mol. The summed E-state index contributed by atoms with van der Waals surface area (Å²) in [7, 11) is 2.05. The minimum Gasteiger partial charge on any atom is -0.314 e. The van der Waals surface area contributed by atoms with Gasteiger partial charge in [-0.05, 0) is 7.05 Å². The average molecular weight is 195 g/mol. The summed E-state index contributed by atoms with van der Waals surface area (Å²) in [6.07, 6.45) is 0. The zero-order valence-electron chi connectivity index (χ0n) is 6.48. The van der Waals surface area contributed by atoms with Crippen LogP contribution in [0, 0.1) is 0 Å². The number of hydrogen-bond donors (Lipinski definition) is 1. The van der Waals surface area contributed by atoms with Gasteiger partial charge in [0, 0.05) is 36.2 Å². The van der Waals surface area contributed by atoms with Gasteiger partial charge in [-0.2, -0.15) is 0 Å². The fraction of sp³-hybridized carbons (Fsp3) is 0.714. The van der Waals surface area contributed by atoms with Gasteiger partial charge >= 0.3 is 0 Å². The molecule has 1 heterocycles. The third-order valence-electron chi connectivity index (χ3n) is 1.90. The van der Waals surface area contributed by atoms with Crippen LogP contribution in [-0.4, -0.2) is 37.6 Å². The highest BCUT2D eigenvalue weighted by Crippen LogP contribution is 2.09. The number of rotatable bonds is 3. The van der Waals surface area contributed by atoms with Crippen LogP contribution in [0.4, 0.5) is 0 Å². The van der Waals surface area contributed by atoms with E-state index in [0.717, 1.165) is 19.6 Å². The van der Waals surface area contributed by atoms with Crippen LogP contribution >= 0.6 is 23.2 Å². The van der Waals surface area contributed by atoms with E-state index in [1.54, 1.807) is 0 Å². The maximum Gasteiger partial charge on any atom is 0.0434 e. The first-order chi connectivity index (χ1) is 5.24. The minimum absolute atomic E-state index is 0.625. The van der Waals surface area contributed by atoms with Gasteiger partial charge in [0.2, 0.25) is 0 Å². The van der Waals surface area contributed by atoms with E-state index in [0.29, 0.717) is 11.1 Å². The Morgan fingerprint density at radius 3 is 2.73 bits per heavy atom. The molecule has 0 aliphatic carbocycles. The first-order valence-corrected chi connectivity index (χ1v) is 4.41. The van der Waals surface area contributed by atoms with Crippen LogP contribution in [0.25, 0.3) is 0 Å². The second-order valence-electron chi connectivity index (χ2n) is 2.78. The van der Waals surface area contributed by atoms with Crippen LogP contribution in [0.1, 0.15) is 0 Å². The van der Waals surface area contributed by atoms with E-state index < -0.39 is 0 Å². The average Bonchev–Trinajstić information content (AvgIpc) is 1.83. The summed E-state index contributed by atoms with van der Waals surface area (Å²) < 4.78 is 0. The molecule has 0 unspecified atom stereocenters. The normalized spacial score (nSPS) is 20.5. The van der Waals surface area contributed by atoms with Crippen molar-refractivity contribution < 1.29 is 0 Å². The number of halogens is 2. The Balaban J connectivity index is 2.24. The topological polar surface area (TPSA) is 15.3 Å². The van der Waals surface area contributed by atoms with Gasteiger partial charge in [0.1, 0.15) is 0 Å². The molecule has 0 saturated carbocycles. The molecule has 1 saturated heterocycles.